The Kier molecular flexibility index (Phi) is 10.1. The second-order valence-electron chi connectivity index (χ2n) is 19.2. The molecule has 1 heterocycles. The quantitative estimate of drug-likeness (QED) is 0.140. The Morgan fingerprint density at radius 3 is 1.52 bits per heavy atom. The van der Waals surface area contributed by atoms with Gasteiger partial charge in [0.05, 0.1) is 27.8 Å². The first-order chi connectivity index (χ1) is 36.2. The maximum absolute atomic E-state index is 2.50. The summed E-state index contributed by atoms with van der Waals surface area (Å²) in [6, 6.07) is 107. The second kappa shape index (κ2) is 17.4. The molecule has 2 heteroatoms. The molecule has 0 fully saturated rings. The van der Waals surface area contributed by atoms with Gasteiger partial charge in [0, 0.05) is 33.1 Å². The van der Waals surface area contributed by atoms with Crippen molar-refractivity contribution >= 4 is 49.6 Å². The lowest BCUT2D eigenvalue weighted by molar-refractivity contribution is 0.768. The highest BCUT2D eigenvalue weighted by molar-refractivity contribution is 6.12. The van der Waals surface area contributed by atoms with Crippen molar-refractivity contribution in [3.05, 3.63) is 313 Å². The molecule has 0 atom stereocenters. The first-order valence-corrected chi connectivity index (χ1v) is 25.2. The normalized spacial score (nSPS) is 12.5. The first-order valence-electron chi connectivity index (χ1n) is 25.2. The molecule has 1 aliphatic carbocycles. The Labute approximate surface area is 426 Å². The minimum Gasteiger partial charge on any atom is -0.309 e. The van der Waals surface area contributed by atoms with Crippen LogP contribution in [0.25, 0.3) is 82.8 Å². The van der Waals surface area contributed by atoms with Crippen LogP contribution in [0.2, 0.25) is 0 Å². The highest BCUT2D eigenvalue weighted by Gasteiger charge is 2.46. The molecule has 0 saturated heterocycles. The molecule has 73 heavy (non-hydrogen) atoms. The van der Waals surface area contributed by atoms with Gasteiger partial charge in [0.25, 0.3) is 0 Å². The van der Waals surface area contributed by atoms with E-state index in [2.05, 4.69) is 301 Å². The van der Waals surface area contributed by atoms with Crippen LogP contribution >= 0.6 is 0 Å². The number of hydrogen-bond donors (Lipinski definition) is 0. The molecule has 0 saturated carbocycles. The zero-order valence-electron chi connectivity index (χ0n) is 40.1. The monoisotopic (exact) mass is 928 g/mol. The van der Waals surface area contributed by atoms with Crippen molar-refractivity contribution in [3.8, 4) is 50.2 Å². The van der Waals surface area contributed by atoms with Gasteiger partial charge in [0.15, 0.2) is 0 Å². The topological polar surface area (TPSA) is 8.17 Å². The van der Waals surface area contributed by atoms with E-state index in [1.54, 1.807) is 0 Å². The summed E-state index contributed by atoms with van der Waals surface area (Å²) >= 11 is 0. The first kappa shape index (κ1) is 42.4. The van der Waals surface area contributed by atoms with Gasteiger partial charge in [-0.25, -0.2) is 0 Å². The van der Waals surface area contributed by atoms with Gasteiger partial charge in [0.1, 0.15) is 0 Å². The lowest BCUT2D eigenvalue weighted by Crippen LogP contribution is -2.28. The summed E-state index contributed by atoms with van der Waals surface area (Å²) in [4.78, 5) is 2.50. The number of nitrogens with zero attached hydrogens (tertiary/aromatic N) is 2. The van der Waals surface area contributed by atoms with E-state index >= 15 is 0 Å². The van der Waals surface area contributed by atoms with E-state index in [9.17, 15) is 0 Å². The standard InChI is InChI=1S/C71H48N2/c1-5-21-49(22-6-1)52-39-43-69-63(46-52)64-47-53(40-44-70(64)72(69)57-31-11-4-12-32-57)51-25-19-26-54(45-51)60-34-16-18-37-67(60)73(68-38-20-24-50-23-13-14-33-59(50)68)58-41-42-62-61-35-15-17-36-65(61)71(66(62)48-58,55-27-7-2-8-28-55)56-29-9-3-10-30-56/h1-48H. The summed E-state index contributed by atoms with van der Waals surface area (Å²) in [5.41, 5.74) is 20.9. The minimum atomic E-state index is -0.541. The molecule has 0 aliphatic heterocycles. The molecule has 13 aromatic rings. The molecule has 0 bridgehead atoms. The van der Waals surface area contributed by atoms with Crippen molar-refractivity contribution < 1.29 is 0 Å². The second-order valence-corrected chi connectivity index (χ2v) is 19.2. The molecular formula is C71H48N2. The van der Waals surface area contributed by atoms with Gasteiger partial charge < -0.3 is 9.47 Å². The van der Waals surface area contributed by atoms with E-state index in [-0.39, 0.29) is 0 Å². The fourth-order valence-electron chi connectivity index (χ4n) is 12.0. The van der Waals surface area contributed by atoms with Crippen molar-refractivity contribution in [2.45, 2.75) is 5.41 Å². The molecule has 0 radical (unpaired) electrons. The van der Waals surface area contributed by atoms with E-state index in [1.807, 2.05) is 0 Å². The molecule has 14 rings (SSSR count). The summed E-state index contributed by atoms with van der Waals surface area (Å²) in [5, 5.41) is 4.84. The number of hydrogen-bond acceptors (Lipinski definition) is 1. The molecule has 342 valence electrons. The number of rotatable bonds is 9. The summed E-state index contributed by atoms with van der Waals surface area (Å²) in [6.45, 7) is 0. The summed E-state index contributed by atoms with van der Waals surface area (Å²) in [5.74, 6) is 0. The number of benzene rings is 12. The largest absolute Gasteiger partial charge is 0.309 e. The SMILES string of the molecule is c1ccc(-c2ccc3c(c2)c2cc(-c4cccc(-c5ccccc5N(c5ccc6c(c5)C(c5ccccc5)(c5ccccc5)c5ccccc5-6)c5cccc6ccccc56)c4)ccc2n3-c2ccccc2)cc1. The highest BCUT2D eigenvalue weighted by Crippen LogP contribution is 2.58. The van der Waals surface area contributed by atoms with Gasteiger partial charge in [0.2, 0.25) is 0 Å². The molecule has 0 N–H and O–H groups in total. The molecule has 12 aromatic carbocycles. The molecule has 1 aromatic heterocycles. The molecule has 0 spiro atoms. The lowest BCUT2D eigenvalue weighted by Gasteiger charge is -2.35. The van der Waals surface area contributed by atoms with Gasteiger partial charge >= 0.3 is 0 Å². The summed E-state index contributed by atoms with van der Waals surface area (Å²) in [6.07, 6.45) is 0. The third kappa shape index (κ3) is 6.87. The van der Waals surface area contributed by atoms with Crippen molar-refractivity contribution in [1.29, 1.82) is 0 Å². The highest BCUT2D eigenvalue weighted by atomic mass is 15.1. The van der Waals surface area contributed by atoms with Gasteiger partial charge in [-0.1, -0.05) is 224 Å². The fraction of sp³-hybridized carbons (Fsp3) is 0.0141. The Balaban J connectivity index is 0.957. The van der Waals surface area contributed by atoms with Crippen LogP contribution in [0.15, 0.2) is 291 Å². The lowest BCUT2D eigenvalue weighted by atomic mass is 9.67. The van der Waals surface area contributed by atoms with Crippen LogP contribution in [0.3, 0.4) is 0 Å². The van der Waals surface area contributed by atoms with Crippen LogP contribution in [0.5, 0.6) is 0 Å². The third-order valence-corrected chi connectivity index (χ3v) is 15.2. The number of fused-ring (bicyclic) bond motifs is 7. The van der Waals surface area contributed by atoms with Gasteiger partial charge in [-0.15, -0.1) is 0 Å². The fourth-order valence-corrected chi connectivity index (χ4v) is 12.0. The van der Waals surface area contributed by atoms with E-state index in [0.717, 1.165) is 39.4 Å². The van der Waals surface area contributed by atoms with Crippen LogP contribution in [0.4, 0.5) is 17.1 Å². The molecule has 0 amide bonds. The van der Waals surface area contributed by atoms with Gasteiger partial charge in [-0.3, -0.25) is 0 Å². The number of aromatic nitrogens is 1. The van der Waals surface area contributed by atoms with E-state index in [1.165, 1.54) is 82.6 Å². The summed E-state index contributed by atoms with van der Waals surface area (Å²) < 4.78 is 2.40. The average molecular weight is 929 g/mol. The Hall–Kier alpha value is -9.50. The predicted molar refractivity (Wildman–Crippen MR) is 307 cm³/mol. The van der Waals surface area contributed by atoms with Crippen molar-refractivity contribution in [3.63, 3.8) is 0 Å². The van der Waals surface area contributed by atoms with E-state index in [0.29, 0.717) is 0 Å². The molecule has 0 unspecified atom stereocenters. The zero-order valence-corrected chi connectivity index (χ0v) is 40.1. The van der Waals surface area contributed by atoms with Crippen molar-refractivity contribution in [1.82, 2.24) is 4.57 Å². The smallest absolute Gasteiger partial charge is 0.0714 e. The average Bonchev–Trinajstić information content (AvgIpc) is 3.96. The predicted octanol–water partition coefficient (Wildman–Crippen LogP) is 18.8. The van der Waals surface area contributed by atoms with Gasteiger partial charge in [-0.05, 0) is 133 Å². The van der Waals surface area contributed by atoms with Gasteiger partial charge in [-0.2, -0.15) is 0 Å². The maximum atomic E-state index is 2.50. The Morgan fingerprint density at radius 2 is 0.795 bits per heavy atom. The molecule has 1 aliphatic rings. The number of para-hydroxylation sites is 2. The van der Waals surface area contributed by atoms with Crippen LogP contribution in [-0.2, 0) is 5.41 Å². The van der Waals surface area contributed by atoms with Crippen molar-refractivity contribution in [2.75, 3.05) is 4.90 Å². The molecular weight excluding hydrogens is 881 g/mol. The van der Waals surface area contributed by atoms with E-state index < -0.39 is 5.41 Å². The van der Waals surface area contributed by atoms with Crippen LogP contribution in [0.1, 0.15) is 22.3 Å². The summed E-state index contributed by atoms with van der Waals surface area (Å²) in [7, 11) is 0. The minimum absolute atomic E-state index is 0.541. The van der Waals surface area contributed by atoms with Crippen LogP contribution < -0.4 is 4.90 Å². The Bertz CT molecular complexity index is 4150. The van der Waals surface area contributed by atoms with Crippen molar-refractivity contribution in [2.24, 2.45) is 0 Å². The van der Waals surface area contributed by atoms with Crippen LogP contribution in [0, 0.1) is 0 Å². The number of anilines is 3. The van der Waals surface area contributed by atoms with E-state index in [4.69, 9.17) is 0 Å². The molecule has 2 nitrogen and oxygen atoms in total. The maximum Gasteiger partial charge on any atom is 0.0714 e. The van der Waals surface area contributed by atoms with Crippen LogP contribution in [-0.4, -0.2) is 4.57 Å². The zero-order chi connectivity index (χ0) is 48.3. The third-order valence-electron chi connectivity index (χ3n) is 15.2. The Morgan fingerprint density at radius 1 is 0.288 bits per heavy atom.